The zero-order chi connectivity index (χ0) is 18.5. The molecule has 0 fully saturated rings. The Morgan fingerprint density at radius 3 is 2.73 bits per heavy atom. The topological polar surface area (TPSA) is 89.0 Å². The Morgan fingerprint density at radius 2 is 1.96 bits per heavy atom. The summed E-state index contributed by atoms with van der Waals surface area (Å²) >= 11 is 6.14. The largest absolute Gasteiger partial charge is 0.465 e. The van der Waals surface area contributed by atoms with Gasteiger partial charge in [0.2, 0.25) is 5.95 Å². The van der Waals surface area contributed by atoms with Gasteiger partial charge >= 0.3 is 5.97 Å². The summed E-state index contributed by atoms with van der Waals surface area (Å²) in [6.07, 6.45) is 1.37. The first kappa shape index (κ1) is 17.6. The lowest BCUT2D eigenvalue weighted by molar-refractivity contribution is 0.0601. The van der Waals surface area contributed by atoms with E-state index in [0.717, 1.165) is 0 Å². The smallest absolute Gasteiger partial charge is 0.337 e. The number of aromatic nitrogens is 3. The van der Waals surface area contributed by atoms with Gasteiger partial charge in [-0.25, -0.2) is 9.18 Å². The van der Waals surface area contributed by atoms with E-state index < -0.39 is 11.8 Å². The van der Waals surface area contributed by atoms with Crippen LogP contribution in [0.2, 0.25) is 5.02 Å². The third kappa shape index (κ3) is 4.04. The predicted octanol–water partition coefficient (Wildman–Crippen LogP) is 3.94. The van der Waals surface area contributed by atoms with Crippen molar-refractivity contribution in [3.63, 3.8) is 0 Å². The van der Waals surface area contributed by atoms with Gasteiger partial charge in [-0.3, -0.25) is 0 Å². The number of hydrogen-bond acceptors (Lipinski definition) is 7. The van der Waals surface area contributed by atoms with Crippen LogP contribution in [0.25, 0.3) is 0 Å². The molecule has 0 saturated heterocycles. The van der Waals surface area contributed by atoms with Crippen molar-refractivity contribution in [1.82, 2.24) is 15.2 Å². The van der Waals surface area contributed by atoms with E-state index in [1.807, 2.05) is 0 Å². The fourth-order valence-corrected chi connectivity index (χ4v) is 2.27. The van der Waals surface area contributed by atoms with Crippen LogP contribution in [0.1, 0.15) is 10.4 Å². The highest BCUT2D eigenvalue weighted by molar-refractivity contribution is 6.33. The lowest BCUT2D eigenvalue weighted by Crippen LogP contribution is -2.05. The molecule has 0 bridgehead atoms. The molecular formula is C17H13ClFN5O2. The Hall–Kier alpha value is -3.26. The molecule has 1 heterocycles. The summed E-state index contributed by atoms with van der Waals surface area (Å²) in [4.78, 5) is 15.8. The van der Waals surface area contributed by atoms with E-state index in [4.69, 9.17) is 11.6 Å². The van der Waals surface area contributed by atoms with Crippen LogP contribution in [0.5, 0.6) is 0 Å². The Labute approximate surface area is 153 Å². The first-order valence-corrected chi connectivity index (χ1v) is 7.81. The number of carbonyl (C=O) groups excluding carboxylic acids is 1. The quantitative estimate of drug-likeness (QED) is 0.655. The minimum absolute atomic E-state index is 0.0975. The van der Waals surface area contributed by atoms with Gasteiger partial charge in [0.25, 0.3) is 0 Å². The minimum atomic E-state index is -0.493. The highest BCUT2D eigenvalue weighted by Gasteiger charge is 2.11. The number of halogens is 2. The van der Waals surface area contributed by atoms with Crippen LogP contribution >= 0.6 is 11.6 Å². The number of benzene rings is 2. The molecule has 0 saturated carbocycles. The molecule has 0 aliphatic rings. The van der Waals surface area contributed by atoms with Crippen LogP contribution < -0.4 is 10.6 Å². The first-order chi connectivity index (χ1) is 12.6. The number of methoxy groups -OCH3 is 1. The number of carbonyl (C=O) groups is 1. The molecular weight excluding hydrogens is 361 g/mol. The number of esters is 1. The molecule has 0 radical (unpaired) electrons. The van der Waals surface area contributed by atoms with Gasteiger partial charge in [-0.2, -0.15) is 10.1 Å². The summed E-state index contributed by atoms with van der Waals surface area (Å²) in [5.41, 5.74) is 0.982. The van der Waals surface area contributed by atoms with Crippen LogP contribution in [0.3, 0.4) is 0 Å². The first-order valence-electron chi connectivity index (χ1n) is 7.43. The molecule has 0 aliphatic carbocycles. The highest BCUT2D eigenvalue weighted by atomic mass is 35.5. The van der Waals surface area contributed by atoms with Crippen molar-refractivity contribution in [2.75, 3.05) is 17.7 Å². The van der Waals surface area contributed by atoms with Crippen molar-refractivity contribution in [1.29, 1.82) is 0 Å². The second-order valence-electron chi connectivity index (χ2n) is 5.08. The lowest BCUT2D eigenvalue weighted by atomic mass is 10.2. The van der Waals surface area contributed by atoms with Gasteiger partial charge in [-0.1, -0.05) is 23.7 Å². The van der Waals surface area contributed by atoms with Crippen LogP contribution in [0.4, 0.5) is 27.5 Å². The van der Waals surface area contributed by atoms with Gasteiger partial charge in [0.1, 0.15) is 5.82 Å². The molecule has 2 aromatic carbocycles. The standard InChI is InChI=1S/C17H13ClFN5O2/c1-26-16(25)10-6-7-11(18)14(8-10)21-15-9-20-24-17(23-15)22-13-5-3-2-4-12(13)19/h2-9H,1H3,(H2,21,22,23,24). The van der Waals surface area contributed by atoms with Crippen LogP contribution in [0, 0.1) is 5.82 Å². The number of para-hydroxylation sites is 1. The number of rotatable bonds is 5. The monoisotopic (exact) mass is 373 g/mol. The summed E-state index contributed by atoms with van der Waals surface area (Å²) in [6.45, 7) is 0. The molecule has 3 rings (SSSR count). The van der Waals surface area contributed by atoms with Crippen LogP contribution in [-0.2, 0) is 4.74 Å². The number of nitrogens with zero attached hydrogens (tertiary/aromatic N) is 3. The summed E-state index contributed by atoms with van der Waals surface area (Å²) < 4.78 is 18.4. The number of ether oxygens (including phenoxy) is 1. The number of hydrogen-bond donors (Lipinski definition) is 2. The molecule has 1 aromatic heterocycles. The zero-order valence-electron chi connectivity index (χ0n) is 13.5. The summed E-state index contributed by atoms with van der Waals surface area (Å²) in [5.74, 6) is -0.529. The predicted molar refractivity (Wildman–Crippen MR) is 95.6 cm³/mol. The van der Waals surface area contributed by atoms with Crippen molar-refractivity contribution < 1.29 is 13.9 Å². The Morgan fingerprint density at radius 1 is 1.15 bits per heavy atom. The fourth-order valence-electron chi connectivity index (χ4n) is 2.10. The van der Waals surface area contributed by atoms with Gasteiger partial charge in [-0.15, -0.1) is 5.10 Å². The Kier molecular flexibility index (Phi) is 5.23. The molecule has 9 heteroatoms. The molecule has 0 aliphatic heterocycles. The molecule has 0 atom stereocenters. The molecule has 0 unspecified atom stereocenters. The molecule has 2 N–H and O–H groups in total. The van der Waals surface area contributed by atoms with E-state index in [0.29, 0.717) is 22.1 Å². The molecule has 132 valence electrons. The van der Waals surface area contributed by atoms with Crippen molar-refractivity contribution in [2.45, 2.75) is 0 Å². The lowest BCUT2D eigenvalue weighted by Gasteiger charge is -2.10. The molecule has 0 amide bonds. The van der Waals surface area contributed by atoms with E-state index in [1.165, 1.54) is 25.4 Å². The molecule has 0 spiro atoms. The molecule has 7 nitrogen and oxygen atoms in total. The SMILES string of the molecule is COC(=O)c1ccc(Cl)c(Nc2cnnc(Nc3ccccc3F)n2)c1. The van der Waals surface area contributed by atoms with Gasteiger partial charge < -0.3 is 15.4 Å². The average molecular weight is 374 g/mol. The second kappa shape index (κ2) is 7.75. The maximum Gasteiger partial charge on any atom is 0.337 e. The maximum absolute atomic E-state index is 13.7. The fraction of sp³-hybridized carbons (Fsp3) is 0.0588. The minimum Gasteiger partial charge on any atom is -0.465 e. The Bertz CT molecular complexity index is 954. The highest BCUT2D eigenvalue weighted by Crippen LogP contribution is 2.26. The van der Waals surface area contributed by atoms with Gasteiger partial charge in [-0.05, 0) is 30.3 Å². The number of anilines is 4. The summed E-state index contributed by atoms with van der Waals surface area (Å²) in [7, 11) is 1.29. The third-order valence-corrected chi connectivity index (χ3v) is 3.66. The average Bonchev–Trinajstić information content (AvgIpc) is 2.65. The van der Waals surface area contributed by atoms with E-state index >= 15 is 0 Å². The maximum atomic E-state index is 13.7. The second-order valence-corrected chi connectivity index (χ2v) is 5.49. The number of nitrogens with one attached hydrogen (secondary N) is 2. The summed E-state index contributed by atoms with van der Waals surface area (Å²) in [5, 5.41) is 13.7. The normalized spacial score (nSPS) is 10.3. The van der Waals surface area contributed by atoms with Crippen molar-refractivity contribution >= 4 is 40.7 Å². The summed E-state index contributed by atoms with van der Waals surface area (Å²) in [6, 6.07) is 10.8. The van der Waals surface area contributed by atoms with E-state index in [-0.39, 0.29) is 11.6 Å². The van der Waals surface area contributed by atoms with E-state index in [1.54, 1.807) is 30.3 Å². The van der Waals surface area contributed by atoms with Gasteiger partial charge in [0, 0.05) is 0 Å². The molecule has 26 heavy (non-hydrogen) atoms. The van der Waals surface area contributed by atoms with E-state index in [2.05, 4.69) is 30.6 Å². The van der Waals surface area contributed by atoms with Crippen molar-refractivity contribution in [3.05, 3.63) is 65.1 Å². The van der Waals surface area contributed by atoms with E-state index in [9.17, 15) is 9.18 Å². The van der Waals surface area contributed by atoms with Crippen LogP contribution in [0.15, 0.2) is 48.7 Å². The zero-order valence-corrected chi connectivity index (χ0v) is 14.3. The van der Waals surface area contributed by atoms with Gasteiger partial charge in [0.05, 0.1) is 35.3 Å². The van der Waals surface area contributed by atoms with Crippen molar-refractivity contribution in [3.8, 4) is 0 Å². The Balaban J connectivity index is 1.83. The molecule has 3 aromatic rings. The van der Waals surface area contributed by atoms with Gasteiger partial charge in [0.15, 0.2) is 5.82 Å². The third-order valence-electron chi connectivity index (χ3n) is 3.33. The van der Waals surface area contributed by atoms with Crippen molar-refractivity contribution in [2.24, 2.45) is 0 Å². The van der Waals surface area contributed by atoms with Crippen LogP contribution in [-0.4, -0.2) is 28.3 Å².